The van der Waals surface area contributed by atoms with E-state index in [-0.39, 0.29) is 28.3 Å². The van der Waals surface area contributed by atoms with E-state index in [1.807, 2.05) is 0 Å². The van der Waals surface area contributed by atoms with Gasteiger partial charge in [-0.1, -0.05) is 56.1 Å². The van der Waals surface area contributed by atoms with Crippen molar-refractivity contribution in [3.05, 3.63) is 46.1 Å². The van der Waals surface area contributed by atoms with Crippen molar-refractivity contribution >= 4 is 23.2 Å². The van der Waals surface area contributed by atoms with Crippen molar-refractivity contribution in [1.82, 2.24) is 5.32 Å². The summed E-state index contributed by atoms with van der Waals surface area (Å²) in [6, 6.07) is 7.04. The summed E-state index contributed by atoms with van der Waals surface area (Å²) in [6.45, 7) is 4.37. The summed E-state index contributed by atoms with van der Waals surface area (Å²) in [5, 5.41) is 3.33. The van der Waals surface area contributed by atoms with Crippen molar-refractivity contribution in [2.75, 3.05) is 0 Å². The lowest BCUT2D eigenvalue weighted by Crippen LogP contribution is -2.45. The number of nitrogens with one attached hydrogen (secondary N) is 1. The minimum atomic E-state index is -0.268. The normalized spacial score (nSPS) is 26.1. The van der Waals surface area contributed by atoms with Gasteiger partial charge in [-0.25, -0.2) is 0 Å². The molecule has 0 spiro atoms. The van der Waals surface area contributed by atoms with Crippen molar-refractivity contribution in [3.8, 4) is 0 Å². The first kappa shape index (κ1) is 15.3. The van der Waals surface area contributed by atoms with E-state index in [2.05, 4.69) is 19.2 Å². The Kier molecular flexibility index (Phi) is 4.09. The van der Waals surface area contributed by atoms with E-state index in [9.17, 15) is 9.59 Å². The minimum Gasteiger partial charge on any atom is -0.377 e. The molecule has 1 saturated carbocycles. The second-order valence-corrected chi connectivity index (χ2v) is 6.83. The molecule has 4 heteroatoms. The van der Waals surface area contributed by atoms with Crippen molar-refractivity contribution in [1.29, 1.82) is 0 Å². The van der Waals surface area contributed by atoms with Crippen LogP contribution < -0.4 is 5.32 Å². The van der Waals surface area contributed by atoms with Gasteiger partial charge in [-0.05, 0) is 24.7 Å². The van der Waals surface area contributed by atoms with Gasteiger partial charge >= 0.3 is 0 Å². The minimum absolute atomic E-state index is 0.0219. The number of Topliss-reactive ketones (excluding diaryl/α,β-unsaturated/α-hetero) is 2. The van der Waals surface area contributed by atoms with Crippen LogP contribution in [0.4, 0.5) is 0 Å². The Hall–Kier alpha value is -1.61. The molecule has 2 aliphatic rings. The topological polar surface area (TPSA) is 46.2 Å². The second-order valence-electron chi connectivity index (χ2n) is 6.45. The van der Waals surface area contributed by atoms with Crippen molar-refractivity contribution < 1.29 is 9.59 Å². The first-order chi connectivity index (χ1) is 10.5. The Balaban J connectivity index is 1.95. The number of carbonyl (C=O) groups excluding carboxylic acids is 2. The number of fused-ring (bicyclic) bond motifs is 1. The largest absolute Gasteiger partial charge is 0.377 e. The molecule has 0 aliphatic heterocycles. The summed E-state index contributed by atoms with van der Waals surface area (Å²) >= 11 is 6.22. The summed E-state index contributed by atoms with van der Waals surface area (Å²) in [6.07, 6.45) is 3.47. The fraction of sp³-hybridized carbons (Fsp3) is 0.444. The number of carbonyl (C=O) groups is 2. The van der Waals surface area contributed by atoms with Crippen LogP contribution in [-0.2, 0) is 0 Å². The van der Waals surface area contributed by atoms with Crippen LogP contribution in [0, 0.1) is 11.8 Å². The quantitative estimate of drug-likeness (QED) is 0.899. The lowest BCUT2D eigenvalue weighted by Gasteiger charge is -2.37. The van der Waals surface area contributed by atoms with Crippen molar-refractivity contribution in [3.63, 3.8) is 0 Å². The fourth-order valence-electron chi connectivity index (χ4n) is 3.61. The van der Waals surface area contributed by atoms with Crippen LogP contribution in [0.2, 0.25) is 0 Å². The van der Waals surface area contributed by atoms with E-state index in [0.29, 0.717) is 23.0 Å². The number of hydrogen-bond donors (Lipinski definition) is 1. The molecule has 1 fully saturated rings. The van der Waals surface area contributed by atoms with Gasteiger partial charge in [0.15, 0.2) is 0 Å². The highest BCUT2D eigenvalue weighted by atomic mass is 35.5. The Morgan fingerprint density at radius 3 is 2.14 bits per heavy atom. The predicted octanol–water partition coefficient (Wildman–Crippen LogP) is 3.93. The van der Waals surface area contributed by atoms with Gasteiger partial charge in [-0.2, -0.15) is 0 Å². The maximum absolute atomic E-state index is 12.7. The molecular weight excluding hydrogens is 298 g/mol. The SMILES string of the molecule is C[C@@H]1CCC[C@@H](C)C1NC1=C(Cl)C(=O)c2ccccc2C1=O. The molecule has 0 saturated heterocycles. The van der Waals surface area contributed by atoms with E-state index in [1.165, 1.54) is 6.42 Å². The molecule has 1 aromatic carbocycles. The molecule has 3 nitrogen and oxygen atoms in total. The lowest BCUT2D eigenvalue weighted by molar-refractivity contribution is 0.0965. The lowest BCUT2D eigenvalue weighted by atomic mass is 9.78. The van der Waals surface area contributed by atoms with Crippen LogP contribution in [0.5, 0.6) is 0 Å². The summed E-state index contributed by atoms with van der Waals surface area (Å²) in [4.78, 5) is 25.1. The predicted molar refractivity (Wildman–Crippen MR) is 87.1 cm³/mol. The van der Waals surface area contributed by atoms with Gasteiger partial charge in [0.05, 0.1) is 0 Å². The molecule has 116 valence electrons. The average molecular weight is 318 g/mol. The number of allylic oxidation sites excluding steroid dienone is 2. The van der Waals surface area contributed by atoms with Gasteiger partial charge in [0.2, 0.25) is 11.6 Å². The van der Waals surface area contributed by atoms with E-state index in [4.69, 9.17) is 11.6 Å². The van der Waals surface area contributed by atoms with Crippen LogP contribution in [0.25, 0.3) is 0 Å². The highest BCUT2D eigenvalue weighted by Crippen LogP contribution is 2.32. The summed E-state index contributed by atoms with van der Waals surface area (Å²) in [5.74, 6) is 0.474. The molecule has 2 atom stereocenters. The van der Waals surface area contributed by atoms with Crippen LogP contribution in [0.15, 0.2) is 35.0 Å². The number of halogens is 1. The number of hydrogen-bond acceptors (Lipinski definition) is 3. The number of benzene rings is 1. The molecular formula is C18H20ClNO2. The molecule has 3 rings (SSSR count). The standard InChI is InChI=1S/C18H20ClNO2/c1-10-6-5-7-11(2)15(10)20-16-14(19)17(21)12-8-3-4-9-13(12)18(16)22/h3-4,8-11,15,20H,5-7H2,1-2H3/t10-,11-/m1/s1. The van der Waals surface area contributed by atoms with Crippen molar-refractivity contribution in [2.24, 2.45) is 11.8 Å². The zero-order valence-corrected chi connectivity index (χ0v) is 13.6. The molecule has 0 heterocycles. The number of rotatable bonds is 2. The molecule has 0 amide bonds. The zero-order chi connectivity index (χ0) is 15.9. The number of ketones is 2. The summed E-state index contributed by atoms with van der Waals surface area (Å²) in [7, 11) is 0. The molecule has 22 heavy (non-hydrogen) atoms. The third-order valence-electron chi connectivity index (χ3n) is 4.92. The molecule has 0 aromatic heterocycles. The smallest absolute Gasteiger partial charge is 0.211 e. The van der Waals surface area contributed by atoms with E-state index >= 15 is 0 Å². The molecule has 1 aromatic rings. The molecule has 0 unspecified atom stereocenters. The fourth-order valence-corrected chi connectivity index (χ4v) is 3.85. The Morgan fingerprint density at radius 2 is 1.55 bits per heavy atom. The first-order valence-electron chi connectivity index (χ1n) is 7.85. The van der Waals surface area contributed by atoms with Gasteiger partial charge in [-0.15, -0.1) is 0 Å². The molecule has 1 N–H and O–H groups in total. The van der Waals surface area contributed by atoms with Gasteiger partial charge < -0.3 is 5.32 Å². The first-order valence-corrected chi connectivity index (χ1v) is 8.23. The van der Waals surface area contributed by atoms with Crippen LogP contribution in [0.1, 0.15) is 53.8 Å². The molecule has 2 aliphatic carbocycles. The maximum atomic E-state index is 12.7. The third-order valence-corrected chi connectivity index (χ3v) is 5.28. The van der Waals surface area contributed by atoms with E-state index in [0.717, 1.165) is 12.8 Å². The Bertz CT molecular complexity index is 655. The molecule has 0 bridgehead atoms. The Morgan fingerprint density at radius 1 is 1.00 bits per heavy atom. The van der Waals surface area contributed by atoms with E-state index in [1.54, 1.807) is 24.3 Å². The average Bonchev–Trinajstić information content (AvgIpc) is 2.52. The highest BCUT2D eigenvalue weighted by Gasteiger charge is 2.35. The van der Waals surface area contributed by atoms with Gasteiger partial charge in [0.25, 0.3) is 0 Å². The van der Waals surface area contributed by atoms with Gasteiger partial charge in [0.1, 0.15) is 10.7 Å². The van der Waals surface area contributed by atoms with Gasteiger partial charge in [-0.3, -0.25) is 9.59 Å². The van der Waals surface area contributed by atoms with E-state index < -0.39 is 0 Å². The zero-order valence-electron chi connectivity index (χ0n) is 12.9. The Labute approximate surface area is 135 Å². The second kappa shape index (κ2) is 5.88. The van der Waals surface area contributed by atoms with Crippen LogP contribution in [-0.4, -0.2) is 17.6 Å². The highest BCUT2D eigenvalue weighted by molar-refractivity contribution is 6.49. The van der Waals surface area contributed by atoms with Crippen LogP contribution in [0.3, 0.4) is 0 Å². The monoisotopic (exact) mass is 317 g/mol. The molecule has 0 radical (unpaired) electrons. The maximum Gasteiger partial charge on any atom is 0.211 e. The summed E-state index contributed by atoms with van der Waals surface area (Å²) in [5.41, 5.74) is 1.11. The van der Waals surface area contributed by atoms with Gasteiger partial charge in [0, 0.05) is 17.2 Å². The summed E-state index contributed by atoms with van der Waals surface area (Å²) < 4.78 is 0. The third kappa shape index (κ3) is 2.48. The van der Waals surface area contributed by atoms with Crippen LogP contribution >= 0.6 is 11.6 Å². The van der Waals surface area contributed by atoms with Crippen molar-refractivity contribution in [2.45, 2.75) is 39.2 Å².